The second kappa shape index (κ2) is 9.88. The SMILES string of the molecule is CCOC(=O)C(=O)/C(=N\N=C(/OCC)c1ccccc1)c1ccccc1. The Bertz CT molecular complexity index is 799. The average Bonchev–Trinajstić information content (AvgIpc) is 2.69. The smallest absolute Gasteiger partial charge is 0.381 e. The lowest BCUT2D eigenvalue weighted by molar-refractivity contribution is -0.150. The van der Waals surface area contributed by atoms with Crippen molar-refractivity contribution in [1.29, 1.82) is 0 Å². The van der Waals surface area contributed by atoms with E-state index in [1.807, 2.05) is 37.3 Å². The summed E-state index contributed by atoms with van der Waals surface area (Å²) in [5.74, 6) is -1.56. The van der Waals surface area contributed by atoms with Crippen molar-refractivity contribution in [3.63, 3.8) is 0 Å². The van der Waals surface area contributed by atoms with Crippen LogP contribution in [0.4, 0.5) is 0 Å². The first-order valence-electron chi connectivity index (χ1n) is 8.28. The van der Waals surface area contributed by atoms with Crippen LogP contribution < -0.4 is 0 Å². The number of Topliss-reactive ketones (excluding diaryl/α,β-unsaturated/α-hetero) is 1. The highest BCUT2D eigenvalue weighted by molar-refractivity contribution is 6.66. The van der Waals surface area contributed by atoms with E-state index in [9.17, 15) is 9.59 Å². The molecule has 0 aliphatic carbocycles. The fourth-order valence-electron chi connectivity index (χ4n) is 2.11. The molecule has 0 unspecified atom stereocenters. The molecular formula is C20H20N2O4. The molecule has 2 aromatic carbocycles. The van der Waals surface area contributed by atoms with Gasteiger partial charge in [-0.05, 0) is 26.0 Å². The van der Waals surface area contributed by atoms with Gasteiger partial charge in [0.25, 0.3) is 5.78 Å². The Morgan fingerprint density at radius 3 is 1.85 bits per heavy atom. The molecule has 0 saturated heterocycles. The van der Waals surface area contributed by atoms with Gasteiger partial charge in [0.2, 0.25) is 5.90 Å². The monoisotopic (exact) mass is 352 g/mol. The zero-order valence-electron chi connectivity index (χ0n) is 14.7. The highest BCUT2D eigenvalue weighted by atomic mass is 16.5. The number of carbonyl (C=O) groups excluding carboxylic acids is 2. The molecule has 0 saturated carbocycles. The quantitative estimate of drug-likeness (QED) is 0.252. The van der Waals surface area contributed by atoms with E-state index in [0.29, 0.717) is 17.7 Å². The van der Waals surface area contributed by atoms with Crippen LogP contribution in [0.5, 0.6) is 0 Å². The van der Waals surface area contributed by atoms with Crippen LogP contribution >= 0.6 is 0 Å². The molecule has 6 heteroatoms. The number of rotatable bonds is 7. The van der Waals surface area contributed by atoms with Crippen molar-refractivity contribution in [2.75, 3.05) is 13.2 Å². The Morgan fingerprint density at radius 1 is 0.769 bits per heavy atom. The Balaban J connectivity index is 2.46. The van der Waals surface area contributed by atoms with Gasteiger partial charge in [0.1, 0.15) is 5.71 Å². The number of ketones is 1. The van der Waals surface area contributed by atoms with Gasteiger partial charge in [-0.25, -0.2) is 4.79 Å². The number of hydrogen-bond acceptors (Lipinski definition) is 6. The number of esters is 1. The van der Waals surface area contributed by atoms with Gasteiger partial charge in [-0.15, -0.1) is 10.2 Å². The van der Waals surface area contributed by atoms with Crippen LogP contribution in [0.25, 0.3) is 0 Å². The Kier molecular flexibility index (Phi) is 7.24. The summed E-state index contributed by atoms with van der Waals surface area (Å²) in [7, 11) is 0. The number of hydrogen-bond donors (Lipinski definition) is 0. The minimum Gasteiger partial charge on any atom is -0.476 e. The maximum atomic E-state index is 12.4. The molecule has 0 amide bonds. The Labute approximate surface area is 152 Å². The highest BCUT2D eigenvalue weighted by Crippen LogP contribution is 2.07. The zero-order chi connectivity index (χ0) is 18.8. The summed E-state index contributed by atoms with van der Waals surface area (Å²) in [6.45, 7) is 3.94. The second-order valence-corrected chi connectivity index (χ2v) is 5.07. The van der Waals surface area contributed by atoms with Crippen molar-refractivity contribution < 1.29 is 19.1 Å². The van der Waals surface area contributed by atoms with E-state index in [1.165, 1.54) is 0 Å². The molecule has 0 aliphatic heterocycles. The van der Waals surface area contributed by atoms with Crippen molar-refractivity contribution in [2.24, 2.45) is 10.2 Å². The summed E-state index contributed by atoms with van der Waals surface area (Å²) >= 11 is 0. The van der Waals surface area contributed by atoms with Crippen molar-refractivity contribution >= 4 is 23.4 Å². The molecule has 0 aliphatic rings. The molecule has 6 nitrogen and oxygen atoms in total. The summed E-state index contributed by atoms with van der Waals surface area (Å²) in [4.78, 5) is 24.3. The van der Waals surface area contributed by atoms with Gasteiger partial charge in [0, 0.05) is 11.1 Å². The Morgan fingerprint density at radius 2 is 1.31 bits per heavy atom. The highest BCUT2D eigenvalue weighted by Gasteiger charge is 2.24. The van der Waals surface area contributed by atoms with Gasteiger partial charge >= 0.3 is 5.97 Å². The van der Waals surface area contributed by atoms with E-state index in [0.717, 1.165) is 0 Å². The second-order valence-electron chi connectivity index (χ2n) is 5.07. The van der Waals surface area contributed by atoms with Gasteiger partial charge in [0.15, 0.2) is 0 Å². The predicted octanol–water partition coefficient (Wildman–Crippen LogP) is 3.01. The first kappa shape index (κ1) is 19.1. The summed E-state index contributed by atoms with van der Waals surface area (Å²) in [6, 6.07) is 17.8. The molecule has 0 spiro atoms. The third-order valence-corrected chi connectivity index (χ3v) is 3.27. The third-order valence-electron chi connectivity index (χ3n) is 3.27. The van der Waals surface area contributed by atoms with Crippen LogP contribution in [0.15, 0.2) is 70.9 Å². The molecule has 0 heterocycles. The average molecular weight is 352 g/mol. The van der Waals surface area contributed by atoms with Crippen LogP contribution in [-0.4, -0.2) is 36.6 Å². The fourth-order valence-corrected chi connectivity index (χ4v) is 2.11. The summed E-state index contributed by atoms with van der Waals surface area (Å²) in [6.07, 6.45) is 0. The first-order chi connectivity index (χ1) is 12.7. The molecule has 0 bridgehead atoms. The van der Waals surface area contributed by atoms with Crippen molar-refractivity contribution in [1.82, 2.24) is 0 Å². The van der Waals surface area contributed by atoms with Crippen molar-refractivity contribution in [3.05, 3.63) is 71.8 Å². The van der Waals surface area contributed by atoms with E-state index in [4.69, 9.17) is 9.47 Å². The lowest BCUT2D eigenvalue weighted by Crippen LogP contribution is -2.27. The fraction of sp³-hybridized carbons (Fsp3) is 0.200. The molecule has 0 atom stereocenters. The molecule has 0 aromatic heterocycles. The van der Waals surface area contributed by atoms with E-state index in [2.05, 4.69) is 10.2 Å². The van der Waals surface area contributed by atoms with E-state index >= 15 is 0 Å². The van der Waals surface area contributed by atoms with Crippen LogP contribution in [-0.2, 0) is 19.1 Å². The number of nitrogens with zero attached hydrogens (tertiary/aromatic N) is 2. The molecule has 26 heavy (non-hydrogen) atoms. The van der Waals surface area contributed by atoms with Crippen molar-refractivity contribution in [2.45, 2.75) is 13.8 Å². The van der Waals surface area contributed by atoms with Crippen LogP contribution in [0.1, 0.15) is 25.0 Å². The largest absolute Gasteiger partial charge is 0.476 e. The zero-order valence-corrected chi connectivity index (χ0v) is 14.7. The summed E-state index contributed by atoms with van der Waals surface area (Å²) in [5, 5.41) is 8.10. The maximum absolute atomic E-state index is 12.4. The topological polar surface area (TPSA) is 77.3 Å². The molecule has 0 radical (unpaired) electrons. The van der Waals surface area contributed by atoms with Crippen LogP contribution in [0, 0.1) is 0 Å². The third kappa shape index (κ3) is 5.11. The lowest BCUT2D eigenvalue weighted by atomic mass is 10.1. The number of carbonyl (C=O) groups is 2. The maximum Gasteiger partial charge on any atom is 0.381 e. The standard InChI is InChI=1S/C20H20N2O4/c1-3-25-19(16-13-9-6-10-14-16)22-21-17(15-11-7-5-8-12-15)18(23)20(24)26-4-2/h5-14H,3-4H2,1-2H3/b21-17-,22-19-. The van der Waals surface area contributed by atoms with Gasteiger partial charge in [-0.2, -0.15) is 0 Å². The first-order valence-corrected chi connectivity index (χ1v) is 8.28. The summed E-state index contributed by atoms with van der Waals surface area (Å²) < 4.78 is 10.3. The van der Waals surface area contributed by atoms with E-state index in [-0.39, 0.29) is 18.2 Å². The number of ether oxygens (including phenoxy) is 2. The number of benzene rings is 2. The van der Waals surface area contributed by atoms with E-state index in [1.54, 1.807) is 37.3 Å². The van der Waals surface area contributed by atoms with Gasteiger partial charge in [0.05, 0.1) is 13.2 Å². The minimum absolute atomic E-state index is 0.0998. The predicted molar refractivity (Wildman–Crippen MR) is 99.2 cm³/mol. The van der Waals surface area contributed by atoms with Gasteiger partial charge < -0.3 is 9.47 Å². The molecular weight excluding hydrogens is 332 g/mol. The molecule has 0 fully saturated rings. The Hall–Kier alpha value is -3.28. The van der Waals surface area contributed by atoms with E-state index < -0.39 is 11.8 Å². The summed E-state index contributed by atoms with van der Waals surface area (Å²) in [5.41, 5.74) is 1.09. The van der Waals surface area contributed by atoms with Crippen LogP contribution in [0.2, 0.25) is 0 Å². The van der Waals surface area contributed by atoms with Crippen LogP contribution in [0.3, 0.4) is 0 Å². The minimum atomic E-state index is -0.969. The molecule has 0 N–H and O–H groups in total. The van der Waals surface area contributed by atoms with Gasteiger partial charge in [-0.3, -0.25) is 4.79 Å². The molecule has 134 valence electrons. The normalized spacial score (nSPS) is 11.8. The molecule has 2 aromatic rings. The van der Waals surface area contributed by atoms with Gasteiger partial charge in [-0.1, -0.05) is 48.5 Å². The molecule has 2 rings (SSSR count). The van der Waals surface area contributed by atoms with Crippen molar-refractivity contribution in [3.8, 4) is 0 Å². The lowest BCUT2D eigenvalue weighted by Gasteiger charge is -2.07.